The van der Waals surface area contributed by atoms with Gasteiger partial charge >= 0.3 is 5.97 Å². The number of nitrogens with zero attached hydrogens (tertiary/aromatic N) is 1. The Kier molecular flexibility index (Phi) is 4.89. The van der Waals surface area contributed by atoms with Crippen LogP contribution in [0.15, 0.2) is 42.3 Å². The highest BCUT2D eigenvalue weighted by Crippen LogP contribution is 2.66. The molecule has 0 bridgehead atoms. The van der Waals surface area contributed by atoms with Gasteiger partial charge in [0.15, 0.2) is 0 Å². The highest BCUT2D eigenvalue weighted by atomic mass is 16.7. The Morgan fingerprint density at radius 1 is 1.17 bits per heavy atom. The SMILES string of the molecule is CC(=O)ONC1C=C2CC[C@H]3[C@H](CC[C@]4(C)C(c5cccnc5)=CC[C@@H]34)[C@@]2(C)CC1. The molecule has 1 N–H and O–H groups in total. The number of pyridine rings is 1. The van der Waals surface area contributed by atoms with Crippen LogP contribution in [0.2, 0.25) is 0 Å². The van der Waals surface area contributed by atoms with Gasteiger partial charge in [-0.1, -0.05) is 37.6 Å². The maximum absolute atomic E-state index is 11.2. The van der Waals surface area contributed by atoms with Crippen LogP contribution in [0.3, 0.4) is 0 Å². The molecule has 0 amide bonds. The molecule has 0 aromatic carbocycles. The summed E-state index contributed by atoms with van der Waals surface area (Å²) in [6.45, 7) is 6.49. The smallest absolute Gasteiger partial charge is 0.321 e. The van der Waals surface area contributed by atoms with Crippen molar-refractivity contribution in [3.05, 3.63) is 47.8 Å². The Morgan fingerprint density at radius 3 is 2.77 bits per heavy atom. The van der Waals surface area contributed by atoms with Crippen molar-refractivity contribution in [2.24, 2.45) is 28.6 Å². The molecule has 5 rings (SSSR count). The number of aromatic nitrogens is 1. The fourth-order valence-electron chi connectivity index (χ4n) is 7.52. The zero-order valence-electron chi connectivity index (χ0n) is 18.5. The van der Waals surface area contributed by atoms with Gasteiger partial charge in [-0.2, -0.15) is 0 Å². The van der Waals surface area contributed by atoms with Gasteiger partial charge in [0.1, 0.15) is 0 Å². The van der Waals surface area contributed by atoms with E-state index in [1.807, 2.05) is 12.4 Å². The number of fused-ring (bicyclic) bond motifs is 5. The molecule has 0 aliphatic heterocycles. The summed E-state index contributed by atoms with van der Waals surface area (Å²) in [6.07, 6.45) is 17.3. The van der Waals surface area contributed by atoms with Gasteiger partial charge in [-0.25, -0.2) is 0 Å². The Balaban J connectivity index is 1.37. The Morgan fingerprint density at radius 2 is 2.00 bits per heavy atom. The summed E-state index contributed by atoms with van der Waals surface area (Å²) in [5.74, 6) is 2.05. The fourth-order valence-corrected chi connectivity index (χ4v) is 7.52. The number of hydrogen-bond donors (Lipinski definition) is 1. The number of allylic oxidation sites excluding steroid dienone is 3. The molecule has 2 fully saturated rings. The monoisotopic (exact) mass is 406 g/mol. The quantitative estimate of drug-likeness (QED) is 0.534. The predicted molar refractivity (Wildman–Crippen MR) is 118 cm³/mol. The lowest BCUT2D eigenvalue weighted by Crippen LogP contribution is -2.50. The number of hydrogen-bond acceptors (Lipinski definition) is 4. The first kappa shape index (κ1) is 20.0. The minimum absolute atomic E-state index is 0.160. The molecule has 4 nitrogen and oxygen atoms in total. The average molecular weight is 407 g/mol. The second kappa shape index (κ2) is 7.33. The van der Waals surface area contributed by atoms with E-state index in [0.717, 1.165) is 24.2 Å². The maximum atomic E-state index is 11.2. The zero-order chi connectivity index (χ0) is 20.9. The maximum Gasteiger partial charge on any atom is 0.321 e. The lowest BCUT2D eigenvalue weighted by Gasteiger charge is -2.58. The van der Waals surface area contributed by atoms with Gasteiger partial charge in [0.25, 0.3) is 0 Å². The van der Waals surface area contributed by atoms with E-state index < -0.39 is 0 Å². The third-order valence-electron chi connectivity index (χ3n) is 9.02. The van der Waals surface area contributed by atoms with Crippen molar-refractivity contribution in [3.8, 4) is 0 Å². The summed E-state index contributed by atoms with van der Waals surface area (Å²) in [7, 11) is 0. The molecule has 1 aromatic rings. The second-order valence-corrected chi connectivity index (χ2v) is 10.4. The van der Waals surface area contributed by atoms with E-state index in [1.54, 1.807) is 11.1 Å². The second-order valence-electron chi connectivity index (χ2n) is 10.4. The molecule has 6 atom stereocenters. The molecule has 160 valence electrons. The van der Waals surface area contributed by atoms with Crippen molar-refractivity contribution in [1.82, 2.24) is 10.5 Å². The minimum atomic E-state index is -0.268. The van der Waals surface area contributed by atoms with E-state index in [4.69, 9.17) is 4.84 Å². The Hall–Kier alpha value is -1.94. The lowest BCUT2D eigenvalue weighted by atomic mass is 9.46. The van der Waals surface area contributed by atoms with Gasteiger partial charge < -0.3 is 4.84 Å². The highest BCUT2D eigenvalue weighted by molar-refractivity contribution is 5.72. The number of carbonyl (C=O) groups is 1. The molecule has 2 saturated carbocycles. The molecule has 0 spiro atoms. The summed E-state index contributed by atoms with van der Waals surface area (Å²) in [5, 5.41) is 0. The fraction of sp³-hybridized carbons (Fsp3) is 0.615. The van der Waals surface area contributed by atoms with Crippen LogP contribution in [0.4, 0.5) is 0 Å². The van der Waals surface area contributed by atoms with Gasteiger partial charge in [0, 0.05) is 19.3 Å². The summed E-state index contributed by atoms with van der Waals surface area (Å²) in [4.78, 5) is 20.6. The number of carbonyl (C=O) groups excluding carboxylic acids is 1. The van der Waals surface area contributed by atoms with Crippen LogP contribution in [0, 0.1) is 28.6 Å². The molecule has 4 heteroatoms. The molecule has 4 aliphatic carbocycles. The van der Waals surface area contributed by atoms with Crippen molar-refractivity contribution in [2.75, 3.05) is 0 Å². The highest BCUT2D eigenvalue weighted by Gasteiger charge is 2.57. The van der Waals surface area contributed by atoms with Gasteiger partial charge in [-0.15, -0.1) is 5.48 Å². The molecular weight excluding hydrogens is 372 g/mol. The topological polar surface area (TPSA) is 51.2 Å². The van der Waals surface area contributed by atoms with E-state index >= 15 is 0 Å². The Bertz CT molecular complexity index is 892. The summed E-state index contributed by atoms with van der Waals surface area (Å²) >= 11 is 0. The third-order valence-corrected chi connectivity index (χ3v) is 9.02. The molecule has 4 aliphatic rings. The van der Waals surface area contributed by atoms with E-state index in [9.17, 15) is 4.79 Å². The lowest BCUT2D eigenvalue weighted by molar-refractivity contribution is -0.149. The normalized spacial score (nSPS) is 39.8. The average Bonchev–Trinajstić information content (AvgIpc) is 3.10. The molecule has 1 heterocycles. The van der Waals surface area contributed by atoms with Crippen LogP contribution >= 0.6 is 0 Å². The van der Waals surface area contributed by atoms with Gasteiger partial charge in [0.05, 0.1) is 6.04 Å². The van der Waals surface area contributed by atoms with Crippen molar-refractivity contribution in [1.29, 1.82) is 0 Å². The van der Waals surface area contributed by atoms with Gasteiger partial charge in [-0.3, -0.25) is 9.78 Å². The predicted octanol–water partition coefficient (Wildman–Crippen LogP) is 5.47. The van der Waals surface area contributed by atoms with Gasteiger partial charge in [-0.05, 0) is 90.7 Å². The van der Waals surface area contributed by atoms with Crippen molar-refractivity contribution in [2.45, 2.75) is 71.8 Å². The van der Waals surface area contributed by atoms with E-state index in [2.05, 4.69) is 48.6 Å². The zero-order valence-corrected chi connectivity index (χ0v) is 18.5. The third kappa shape index (κ3) is 3.07. The van der Waals surface area contributed by atoms with Gasteiger partial charge in [0.2, 0.25) is 0 Å². The molecule has 0 saturated heterocycles. The first-order valence-electron chi connectivity index (χ1n) is 11.7. The first-order valence-corrected chi connectivity index (χ1v) is 11.7. The van der Waals surface area contributed by atoms with Crippen LogP contribution < -0.4 is 5.48 Å². The van der Waals surface area contributed by atoms with Crippen LogP contribution in [0.25, 0.3) is 5.57 Å². The summed E-state index contributed by atoms with van der Waals surface area (Å²) in [6, 6.07) is 4.46. The van der Waals surface area contributed by atoms with Crippen molar-refractivity contribution >= 4 is 11.5 Å². The number of nitrogens with one attached hydrogen (secondary N) is 1. The summed E-state index contributed by atoms with van der Waals surface area (Å²) < 4.78 is 0. The standard InChI is InChI=1S/C26H34N2O2/c1-17(29)30-28-20-10-12-25(2)19(15-20)6-7-21-23-9-8-22(18-5-4-14-27-16-18)26(23,3)13-11-24(21)25/h4-5,8,14-16,20-21,23-24,28H,6-7,9-13H2,1-3H3/t20?,21-,23+,24+,25+,26-/m1/s1. The Labute approximate surface area is 180 Å². The van der Waals surface area contributed by atoms with Crippen LogP contribution in [-0.2, 0) is 9.63 Å². The number of hydroxylamine groups is 1. The first-order chi connectivity index (χ1) is 14.4. The van der Waals surface area contributed by atoms with E-state index in [0.29, 0.717) is 5.41 Å². The van der Waals surface area contributed by atoms with E-state index in [1.165, 1.54) is 51.0 Å². The molecule has 30 heavy (non-hydrogen) atoms. The minimum Gasteiger partial charge on any atom is -0.370 e. The molecule has 1 unspecified atom stereocenters. The summed E-state index contributed by atoms with van der Waals surface area (Å²) in [5.41, 5.74) is 8.02. The molecule has 1 aromatic heterocycles. The molecule has 0 radical (unpaired) electrons. The number of rotatable bonds is 3. The van der Waals surface area contributed by atoms with Crippen LogP contribution in [0.5, 0.6) is 0 Å². The molecular formula is C26H34N2O2. The van der Waals surface area contributed by atoms with Crippen molar-refractivity contribution in [3.63, 3.8) is 0 Å². The van der Waals surface area contributed by atoms with Crippen molar-refractivity contribution < 1.29 is 9.63 Å². The largest absolute Gasteiger partial charge is 0.370 e. The van der Waals surface area contributed by atoms with Crippen LogP contribution in [0.1, 0.15) is 71.3 Å². The van der Waals surface area contributed by atoms with E-state index in [-0.39, 0.29) is 17.4 Å². The van der Waals surface area contributed by atoms with Crippen LogP contribution in [-0.4, -0.2) is 17.0 Å².